The molecule has 0 spiro atoms. The van der Waals surface area contributed by atoms with Gasteiger partial charge in [-0.15, -0.1) is 0 Å². The molecular weight excluding hydrogens is 494 g/mol. The van der Waals surface area contributed by atoms with E-state index < -0.39 is 30.5 Å². The second kappa shape index (κ2) is 11.6. The Balaban J connectivity index is 1.81. The Morgan fingerprint density at radius 3 is 2.72 bits per heavy atom. The number of rotatable bonds is 9. The van der Waals surface area contributed by atoms with Crippen LogP contribution in [0.2, 0.25) is 5.02 Å². The largest absolute Gasteiger partial charge is 0.618 e. The molecule has 3 aromatic rings. The van der Waals surface area contributed by atoms with Crippen molar-refractivity contribution in [3.05, 3.63) is 98.5 Å². The molecule has 36 heavy (non-hydrogen) atoms. The highest BCUT2D eigenvalue weighted by atomic mass is 35.5. The summed E-state index contributed by atoms with van der Waals surface area (Å²) in [5, 5.41) is 37.9. The minimum Gasteiger partial charge on any atom is -0.618 e. The number of aromatic nitrogens is 2. The number of carbonyl (C=O) groups is 1. The minimum atomic E-state index is -3.62. The average molecular weight is 517 g/mol. The molecule has 0 atom stereocenters. The fourth-order valence-corrected chi connectivity index (χ4v) is 3.67. The highest BCUT2D eigenvalue weighted by molar-refractivity contribution is 6.30. The van der Waals surface area contributed by atoms with E-state index in [9.17, 15) is 29.3 Å². The molecule has 0 radical (unpaired) electrons. The highest BCUT2D eigenvalue weighted by Gasteiger charge is 2.39. The van der Waals surface area contributed by atoms with Gasteiger partial charge >= 0.3 is 5.92 Å². The van der Waals surface area contributed by atoms with Crippen LogP contribution in [0.3, 0.4) is 0 Å². The van der Waals surface area contributed by atoms with Crippen molar-refractivity contribution in [3.8, 4) is 6.07 Å². The molecule has 0 aliphatic carbocycles. The number of hydrogen-bond acceptors (Lipinski definition) is 6. The van der Waals surface area contributed by atoms with Gasteiger partial charge in [0, 0.05) is 30.2 Å². The fraction of sp³-hybridized carbons (Fsp3) is 0.250. The van der Waals surface area contributed by atoms with Gasteiger partial charge in [0.15, 0.2) is 11.7 Å². The summed E-state index contributed by atoms with van der Waals surface area (Å²) in [4.78, 5) is 16.4. The summed E-state index contributed by atoms with van der Waals surface area (Å²) in [6, 6.07) is 13.2. The van der Waals surface area contributed by atoms with Crippen molar-refractivity contribution >= 4 is 17.5 Å². The van der Waals surface area contributed by atoms with Crippen molar-refractivity contribution in [2.24, 2.45) is 4.99 Å². The number of pyridine rings is 2. The molecule has 188 valence electrons. The Hall–Kier alpha value is -4.01. The van der Waals surface area contributed by atoms with Crippen LogP contribution in [0.4, 0.5) is 8.78 Å². The second-order valence-electron chi connectivity index (χ2n) is 7.80. The van der Waals surface area contributed by atoms with E-state index in [1.807, 2.05) is 12.1 Å². The number of halogens is 3. The van der Waals surface area contributed by atoms with Crippen molar-refractivity contribution in [1.82, 2.24) is 15.4 Å². The maximum atomic E-state index is 14.5. The zero-order valence-corrected chi connectivity index (χ0v) is 20.0. The zero-order chi connectivity index (χ0) is 26.3. The third kappa shape index (κ3) is 6.35. The number of hydrogen-bond donors (Lipinski definition) is 3. The lowest BCUT2D eigenvalue weighted by Gasteiger charge is -2.14. The van der Waals surface area contributed by atoms with Gasteiger partial charge in [-0.2, -0.15) is 23.5 Å². The predicted octanol–water partition coefficient (Wildman–Crippen LogP) is 2.15. The van der Waals surface area contributed by atoms with E-state index in [0.717, 1.165) is 23.4 Å². The van der Waals surface area contributed by atoms with Gasteiger partial charge in [-0.05, 0) is 48.5 Å². The Kier molecular flexibility index (Phi) is 8.58. The Morgan fingerprint density at radius 1 is 1.25 bits per heavy atom. The summed E-state index contributed by atoms with van der Waals surface area (Å²) in [6.07, 6.45) is 0.527. The number of nitrogens with zero attached hydrogens (tertiary/aromatic N) is 4. The summed E-state index contributed by atoms with van der Waals surface area (Å²) in [6.45, 7) is -0.437. The number of amides is 1. The minimum absolute atomic E-state index is 0.0301. The lowest BCUT2D eigenvalue weighted by atomic mass is 10.1. The zero-order valence-electron chi connectivity index (χ0n) is 19.2. The van der Waals surface area contributed by atoms with Crippen LogP contribution >= 0.6 is 11.6 Å². The van der Waals surface area contributed by atoms with Gasteiger partial charge in [-0.1, -0.05) is 17.7 Å². The SMILES string of the molecule is CNCc1ccc(Cl)cc1CNC(=O)Cc1c(C#N)ccc(=NCC(F)(F)c2cccc[n+]2[O-])n1O. The van der Waals surface area contributed by atoms with Crippen molar-refractivity contribution < 1.29 is 23.5 Å². The summed E-state index contributed by atoms with van der Waals surface area (Å²) < 4.78 is 29.5. The van der Waals surface area contributed by atoms with Crippen LogP contribution in [0.5, 0.6) is 0 Å². The number of benzene rings is 1. The molecule has 9 nitrogen and oxygen atoms in total. The van der Waals surface area contributed by atoms with Crippen LogP contribution in [0, 0.1) is 16.5 Å². The van der Waals surface area contributed by atoms with Gasteiger partial charge in [0.2, 0.25) is 5.91 Å². The summed E-state index contributed by atoms with van der Waals surface area (Å²) in [7, 11) is 1.78. The highest BCUT2D eigenvalue weighted by Crippen LogP contribution is 2.25. The van der Waals surface area contributed by atoms with Gasteiger partial charge < -0.3 is 21.0 Å². The Labute approximate surface area is 210 Å². The molecule has 1 amide bonds. The van der Waals surface area contributed by atoms with Crippen molar-refractivity contribution in [1.29, 1.82) is 5.26 Å². The predicted molar refractivity (Wildman–Crippen MR) is 126 cm³/mol. The summed E-state index contributed by atoms with van der Waals surface area (Å²) in [5.74, 6) is -4.15. The fourth-order valence-electron chi connectivity index (χ4n) is 3.47. The summed E-state index contributed by atoms with van der Waals surface area (Å²) in [5.41, 5.74) is 0.445. The first-order chi connectivity index (χ1) is 17.2. The quantitative estimate of drug-likeness (QED) is 0.228. The van der Waals surface area contributed by atoms with E-state index in [2.05, 4.69) is 15.6 Å². The molecule has 0 aliphatic heterocycles. The van der Waals surface area contributed by atoms with Gasteiger partial charge in [-0.3, -0.25) is 9.79 Å². The lowest BCUT2D eigenvalue weighted by molar-refractivity contribution is -0.624. The topological polar surface area (TPSA) is 129 Å². The van der Waals surface area contributed by atoms with E-state index in [-0.39, 0.29) is 28.0 Å². The van der Waals surface area contributed by atoms with Crippen LogP contribution in [-0.2, 0) is 30.2 Å². The average Bonchev–Trinajstić information content (AvgIpc) is 2.85. The number of nitriles is 1. The van der Waals surface area contributed by atoms with Crippen LogP contribution in [-0.4, -0.2) is 29.4 Å². The van der Waals surface area contributed by atoms with Gasteiger partial charge in [0.25, 0.3) is 5.69 Å². The molecule has 2 heterocycles. The molecule has 1 aromatic carbocycles. The molecule has 0 unspecified atom stereocenters. The van der Waals surface area contributed by atoms with Crippen LogP contribution in [0.1, 0.15) is 28.1 Å². The molecule has 0 saturated carbocycles. The van der Waals surface area contributed by atoms with Crippen LogP contribution < -0.4 is 20.9 Å². The molecule has 0 fully saturated rings. The first-order valence-corrected chi connectivity index (χ1v) is 11.1. The smallest absolute Gasteiger partial charge is 0.350 e. The molecule has 0 aliphatic rings. The number of alkyl halides is 2. The molecule has 12 heteroatoms. The maximum absolute atomic E-state index is 14.5. The van der Waals surface area contributed by atoms with E-state index >= 15 is 0 Å². The molecule has 3 rings (SSSR count). The normalized spacial score (nSPS) is 11.8. The van der Waals surface area contributed by atoms with E-state index in [0.29, 0.717) is 16.3 Å². The second-order valence-corrected chi connectivity index (χ2v) is 8.24. The first kappa shape index (κ1) is 26.6. The Bertz CT molecular complexity index is 1370. The first-order valence-electron chi connectivity index (χ1n) is 10.8. The van der Waals surface area contributed by atoms with Crippen molar-refractivity contribution in [2.45, 2.75) is 25.4 Å². The Morgan fingerprint density at radius 2 is 2.03 bits per heavy atom. The van der Waals surface area contributed by atoms with Crippen molar-refractivity contribution in [2.75, 3.05) is 13.6 Å². The molecular formula is C24H23ClF2N6O3. The molecule has 0 saturated heterocycles. The third-order valence-corrected chi connectivity index (χ3v) is 5.52. The van der Waals surface area contributed by atoms with E-state index in [1.165, 1.54) is 24.3 Å². The van der Waals surface area contributed by atoms with Crippen molar-refractivity contribution in [3.63, 3.8) is 0 Å². The van der Waals surface area contributed by atoms with E-state index in [4.69, 9.17) is 11.6 Å². The monoisotopic (exact) mass is 516 g/mol. The molecule has 3 N–H and O–H groups in total. The van der Waals surface area contributed by atoms with Gasteiger partial charge in [0.1, 0.15) is 12.6 Å². The maximum Gasteiger partial charge on any atom is 0.350 e. The van der Waals surface area contributed by atoms with Crippen LogP contribution in [0.25, 0.3) is 0 Å². The molecule has 0 bridgehead atoms. The van der Waals surface area contributed by atoms with E-state index in [1.54, 1.807) is 19.2 Å². The van der Waals surface area contributed by atoms with Crippen LogP contribution in [0.15, 0.2) is 59.7 Å². The lowest BCUT2D eigenvalue weighted by Crippen LogP contribution is -2.39. The summed E-state index contributed by atoms with van der Waals surface area (Å²) >= 11 is 6.06. The standard InChI is InChI=1S/C24H23ClF2N6O3/c1-29-13-17-5-7-19(25)10-18(17)14-30-23(34)11-20-16(12-28)6-8-22(33(20)36)31-15-24(26,27)21-4-2-3-9-32(21)35/h2-10,29,36H,11,13-15H2,1H3,(H,30,34). The number of nitrogens with one attached hydrogen (secondary N) is 2. The molecule has 2 aromatic heterocycles. The third-order valence-electron chi connectivity index (χ3n) is 5.28. The van der Waals surface area contributed by atoms with Gasteiger partial charge in [0.05, 0.1) is 17.7 Å². The van der Waals surface area contributed by atoms with Gasteiger partial charge in [-0.25, -0.2) is 0 Å². The number of carbonyl (C=O) groups excluding carboxylic acids is 1.